The Morgan fingerprint density at radius 2 is 1.88 bits per heavy atom. The van der Waals surface area contributed by atoms with Crippen LogP contribution in [0.4, 0.5) is 0 Å². The van der Waals surface area contributed by atoms with Crippen molar-refractivity contribution < 1.29 is 4.79 Å². The molecule has 4 rings (SSSR count). The van der Waals surface area contributed by atoms with Gasteiger partial charge in [-0.1, -0.05) is 23.7 Å². The number of carbonyl (C=O) groups excluding carboxylic acids is 1. The summed E-state index contributed by atoms with van der Waals surface area (Å²) in [6.45, 7) is 0.415. The molecule has 0 saturated carbocycles. The van der Waals surface area contributed by atoms with Crippen LogP contribution in [0.2, 0.25) is 5.02 Å². The van der Waals surface area contributed by atoms with Crippen LogP contribution in [-0.2, 0) is 13.6 Å². The van der Waals surface area contributed by atoms with Gasteiger partial charge in [0.2, 0.25) is 0 Å². The van der Waals surface area contributed by atoms with Crippen LogP contribution in [0.25, 0.3) is 10.9 Å². The standard InChI is InChI=1S/C23H23ClN6O3/c1-25-30-10-9-16(13-27-30)12-26-21(31)17-5-8-20-19(11-17)22(32)29(23(33)28(20)2)14-15-3-6-18(24)7-4-15/h3-11,13,25,27H,12,14H2,1-2H3,(H,26,31). The van der Waals surface area contributed by atoms with E-state index in [0.717, 1.165) is 15.7 Å². The van der Waals surface area contributed by atoms with Gasteiger partial charge in [0.1, 0.15) is 0 Å². The zero-order valence-corrected chi connectivity index (χ0v) is 18.9. The van der Waals surface area contributed by atoms with Crippen LogP contribution in [0.1, 0.15) is 15.9 Å². The van der Waals surface area contributed by atoms with Gasteiger partial charge in [0.25, 0.3) is 11.5 Å². The molecule has 9 nitrogen and oxygen atoms in total. The molecule has 3 aromatic rings. The third-order valence-corrected chi connectivity index (χ3v) is 5.64. The number of hydrazine groups is 2. The lowest BCUT2D eigenvalue weighted by Gasteiger charge is -2.22. The fraction of sp³-hybridized carbons (Fsp3) is 0.174. The molecule has 0 saturated heterocycles. The molecule has 0 fully saturated rings. The predicted octanol–water partition coefficient (Wildman–Crippen LogP) is 1.48. The molecule has 0 bridgehead atoms. The molecule has 0 aliphatic carbocycles. The molecule has 3 N–H and O–H groups in total. The lowest BCUT2D eigenvalue weighted by Crippen LogP contribution is -2.41. The maximum absolute atomic E-state index is 13.2. The number of rotatable bonds is 6. The molecule has 170 valence electrons. The monoisotopic (exact) mass is 466 g/mol. The first-order valence-electron chi connectivity index (χ1n) is 10.2. The summed E-state index contributed by atoms with van der Waals surface area (Å²) >= 11 is 5.93. The number of fused-ring (bicyclic) bond motifs is 1. The number of halogens is 1. The summed E-state index contributed by atoms with van der Waals surface area (Å²) in [5, 5.41) is 5.37. The van der Waals surface area contributed by atoms with E-state index in [4.69, 9.17) is 11.6 Å². The average Bonchev–Trinajstić information content (AvgIpc) is 2.85. The summed E-state index contributed by atoms with van der Waals surface area (Å²) in [5.41, 5.74) is 7.46. The Morgan fingerprint density at radius 3 is 2.55 bits per heavy atom. The molecule has 1 aromatic heterocycles. The highest BCUT2D eigenvalue weighted by atomic mass is 35.5. The smallest absolute Gasteiger partial charge is 0.331 e. The van der Waals surface area contributed by atoms with Gasteiger partial charge in [0, 0.05) is 43.6 Å². The van der Waals surface area contributed by atoms with Gasteiger partial charge in [-0.25, -0.2) is 15.3 Å². The SMILES string of the molecule is CNN1C=CC(CNC(=O)c2ccc3c(c2)c(=O)n(Cc2ccc(Cl)cc2)c(=O)n3C)=CN1. The number of carbonyl (C=O) groups is 1. The number of aryl methyl sites for hydroxylation is 1. The Hall–Kier alpha value is -3.82. The molecule has 1 aliphatic heterocycles. The van der Waals surface area contributed by atoms with Gasteiger partial charge in [-0.3, -0.25) is 24.1 Å². The Balaban J connectivity index is 1.61. The molecule has 0 atom stereocenters. The van der Waals surface area contributed by atoms with E-state index >= 15 is 0 Å². The number of amides is 1. The number of aromatic nitrogens is 2. The van der Waals surface area contributed by atoms with Gasteiger partial charge >= 0.3 is 5.69 Å². The highest BCUT2D eigenvalue weighted by molar-refractivity contribution is 6.30. The number of hydrogen-bond donors (Lipinski definition) is 3. The Bertz CT molecular complexity index is 1390. The molecule has 33 heavy (non-hydrogen) atoms. The topological polar surface area (TPSA) is 100 Å². The van der Waals surface area contributed by atoms with E-state index in [-0.39, 0.29) is 12.5 Å². The molecular weight excluding hydrogens is 444 g/mol. The van der Waals surface area contributed by atoms with Crippen LogP contribution >= 0.6 is 11.6 Å². The van der Waals surface area contributed by atoms with Crippen LogP contribution in [0.5, 0.6) is 0 Å². The molecule has 10 heteroatoms. The summed E-state index contributed by atoms with van der Waals surface area (Å²) in [6.07, 6.45) is 5.42. The van der Waals surface area contributed by atoms with E-state index in [2.05, 4.69) is 16.2 Å². The average molecular weight is 467 g/mol. The summed E-state index contributed by atoms with van der Waals surface area (Å²) in [4.78, 5) is 38.7. The van der Waals surface area contributed by atoms with E-state index in [1.165, 1.54) is 10.6 Å². The maximum Gasteiger partial charge on any atom is 0.331 e. The molecule has 1 aliphatic rings. The van der Waals surface area contributed by atoms with E-state index in [9.17, 15) is 14.4 Å². The van der Waals surface area contributed by atoms with Gasteiger partial charge in [-0.15, -0.1) is 0 Å². The van der Waals surface area contributed by atoms with E-state index in [1.54, 1.807) is 68.0 Å². The van der Waals surface area contributed by atoms with Crippen LogP contribution in [0.15, 0.2) is 76.1 Å². The zero-order chi connectivity index (χ0) is 23.5. The minimum absolute atomic E-state index is 0.103. The lowest BCUT2D eigenvalue weighted by atomic mass is 10.1. The summed E-state index contributed by atoms with van der Waals surface area (Å²) in [5.74, 6) is -0.320. The summed E-state index contributed by atoms with van der Waals surface area (Å²) in [6, 6.07) is 11.7. The van der Waals surface area contributed by atoms with Crippen LogP contribution in [0.3, 0.4) is 0 Å². The van der Waals surface area contributed by atoms with Crippen LogP contribution in [-0.4, -0.2) is 33.8 Å². The molecule has 0 radical (unpaired) electrons. The van der Waals surface area contributed by atoms with Crippen molar-refractivity contribution in [2.24, 2.45) is 7.05 Å². The van der Waals surface area contributed by atoms with Crippen molar-refractivity contribution >= 4 is 28.4 Å². The molecule has 2 heterocycles. The molecule has 2 aromatic carbocycles. The van der Waals surface area contributed by atoms with Crippen molar-refractivity contribution in [2.45, 2.75) is 6.54 Å². The molecule has 1 amide bonds. The van der Waals surface area contributed by atoms with Crippen molar-refractivity contribution in [3.05, 3.63) is 104 Å². The van der Waals surface area contributed by atoms with Crippen molar-refractivity contribution in [2.75, 3.05) is 13.6 Å². The Labute approximate surface area is 194 Å². The highest BCUT2D eigenvalue weighted by Crippen LogP contribution is 2.13. The minimum Gasteiger partial charge on any atom is -0.348 e. The first-order valence-corrected chi connectivity index (χ1v) is 10.6. The first-order chi connectivity index (χ1) is 15.9. The molecule has 0 spiro atoms. The number of hydrogen-bond acceptors (Lipinski definition) is 6. The third-order valence-electron chi connectivity index (χ3n) is 5.39. The second kappa shape index (κ2) is 9.35. The number of benzene rings is 2. The normalized spacial score (nSPS) is 13.1. The second-order valence-corrected chi connectivity index (χ2v) is 7.97. The largest absolute Gasteiger partial charge is 0.348 e. The van der Waals surface area contributed by atoms with Crippen molar-refractivity contribution in [3.8, 4) is 0 Å². The van der Waals surface area contributed by atoms with Crippen LogP contribution in [0, 0.1) is 0 Å². The van der Waals surface area contributed by atoms with Crippen molar-refractivity contribution in [1.29, 1.82) is 0 Å². The maximum atomic E-state index is 13.2. The second-order valence-electron chi connectivity index (χ2n) is 7.53. The van der Waals surface area contributed by atoms with Gasteiger partial charge in [-0.2, -0.15) is 0 Å². The van der Waals surface area contributed by atoms with Gasteiger partial charge in [-0.05, 0) is 47.5 Å². The first kappa shape index (κ1) is 22.4. The lowest BCUT2D eigenvalue weighted by molar-refractivity contribution is 0.0957. The summed E-state index contributed by atoms with van der Waals surface area (Å²) < 4.78 is 2.56. The molecular formula is C23H23ClN6O3. The highest BCUT2D eigenvalue weighted by Gasteiger charge is 2.15. The van der Waals surface area contributed by atoms with Crippen LogP contribution < -0.4 is 27.4 Å². The van der Waals surface area contributed by atoms with E-state index in [0.29, 0.717) is 28.0 Å². The summed E-state index contributed by atoms with van der Waals surface area (Å²) in [7, 11) is 3.38. The van der Waals surface area contributed by atoms with Crippen molar-refractivity contribution in [3.63, 3.8) is 0 Å². The molecule has 0 unspecified atom stereocenters. The fourth-order valence-corrected chi connectivity index (χ4v) is 3.64. The minimum atomic E-state index is -0.452. The van der Waals surface area contributed by atoms with Gasteiger partial charge in [0.05, 0.1) is 17.4 Å². The number of nitrogens with one attached hydrogen (secondary N) is 3. The van der Waals surface area contributed by atoms with Gasteiger partial charge < -0.3 is 5.32 Å². The van der Waals surface area contributed by atoms with Gasteiger partial charge in [0.15, 0.2) is 0 Å². The predicted molar refractivity (Wildman–Crippen MR) is 128 cm³/mol. The fourth-order valence-electron chi connectivity index (χ4n) is 3.52. The van der Waals surface area contributed by atoms with E-state index in [1.807, 2.05) is 6.08 Å². The zero-order valence-electron chi connectivity index (χ0n) is 18.1. The Kier molecular flexibility index (Phi) is 6.34. The Morgan fingerprint density at radius 1 is 1.12 bits per heavy atom. The quantitative estimate of drug-likeness (QED) is 0.509. The number of nitrogens with zero attached hydrogens (tertiary/aromatic N) is 3. The van der Waals surface area contributed by atoms with E-state index < -0.39 is 11.2 Å². The van der Waals surface area contributed by atoms with Crippen molar-refractivity contribution in [1.82, 2.24) is 30.4 Å². The third kappa shape index (κ3) is 4.69.